The average molecular weight is 218 g/mol. The Morgan fingerprint density at radius 3 is 2.87 bits per heavy atom. The molecule has 1 amide bonds. The standard InChI is InChI=1S/C10H16F2N2O/c1-2-10(11,12)9(15)14-5-7-3-4-13-8(7)6-14/h7-8,13H,2-6H2,1H3/t7-,8+/m0/s1. The molecule has 86 valence electrons. The van der Waals surface area contributed by atoms with Gasteiger partial charge in [0.25, 0.3) is 5.91 Å². The molecule has 0 aliphatic carbocycles. The van der Waals surface area contributed by atoms with Crippen molar-refractivity contribution in [1.29, 1.82) is 0 Å². The number of nitrogens with one attached hydrogen (secondary N) is 1. The number of amides is 1. The van der Waals surface area contributed by atoms with E-state index in [0.29, 0.717) is 19.0 Å². The molecule has 0 radical (unpaired) electrons. The molecule has 2 heterocycles. The van der Waals surface area contributed by atoms with Gasteiger partial charge in [-0.25, -0.2) is 0 Å². The molecule has 5 heteroatoms. The van der Waals surface area contributed by atoms with E-state index >= 15 is 0 Å². The first-order chi connectivity index (χ1) is 7.04. The highest BCUT2D eigenvalue weighted by Crippen LogP contribution is 2.29. The van der Waals surface area contributed by atoms with Crippen LogP contribution in [0.2, 0.25) is 0 Å². The van der Waals surface area contributed by atoms with E-state index in [1.165, 1.54) is 11.8 Å². The van der Waals surface area contributed by atoms with Crippen LogP contribution in [0.5, 0.6) is 0 Å². The summed E-state index contributed by atoms with van der Waals surface area (Å²) in [6, 6.07) is 0.238. The molecule has 0 aromatic heterocycles. The minimum absolute atomic E-state index is 0.238. The van der Waals surface area contributed by atoms with Gasteiger partial charge in [-0.15, -0.1) is 0 Å². The predicted octanol–water partition coefficient (Wildman–Crippen LogP) is 0.852. The number of rotatable bonds is 2. The van der Waals surface area contributed by atoms with Crippen molar-refractivity contribution in [3.63, 3.8) is 0 Å². The van der Waals surface area contributed by atoms with E-state index in [1.807, 2.05) is 0 Å². The molecule has 0 aromatic carbocycles. The third-order valence-corrected chi connectivity index (χ3v) is 3.41. The van der Waals surface area contributed by atoms with Crippen LogP contribution >= 0.6 is 0 Å². The zero-order valence-electron chi connectivity index (χ0n) is 8.80. The van der Waals surface area contributed by atoms with Gasteiger partial charge in [-0.05, 0) is 18.9 Å². The Balaban J connectivity index is 1.99. The number of carbonyl (C=O) groups is 1. The summed E-state index contributed by atoms with van der Waals surface area (Å²) in [5.41, 5.74) is 0. The number of nitrogens with zero attached hydrogens (tertiary/aromatic N) is 1. The maximum absolute atomic E-state index is 13.2. The van der Waals surface area contributed by atoms with E-state index in [2.05, 4.69) is 5.32 Å². The number of likely N-dealkylation sites (tertiary alicyclic amines) is 1. The molecule has 15 heavy (non-hydrogen) atoms. The zero-order chi connectivity index (χ0) is 11.1. The van der Waals surface area contributed by atoms with Gasteiger partial charge in [0.2, 0.25) is 0 Å². The quantitative estimate of drug-likeness (QED) is 0.745. The second-order valence-electron chi connectivity index (χ2n) is 4.38. The summed E-state index contributed by atoms with van der Waals surface area (Å²) in [6.45, 7) is 3.22. The predicted molar refractivity (Wildman–Crippen MR) is 51.7 cm³/mol. The van der Waals surface area contributed by atoms with E-state index in [1.54, 1.807) is 0 Å². The molecule has 1 N–H and O–H groups in total. The molecule has 0 unspecified atom stereocenters. The van der Waals surface area contributed by atoms with Gasteiger partial charge in [0.15, 0.2) is 0 Å². The molecule has 2 rings (SSSR count). The largest absolute Gasteiger partial charge is 0.336 e. The highest BCUT2D eigenvalue weighted by atomic mass is 19.3. The smallest absolute Gasteiger partial charge is 0.324 e. The minimum atomic E-state index is -3.18. The van der Waals surface area contributed by atoms with Crippen molar-refractivity contribution in [3.05, 3.63) is 0 Å². The maximum Gasteiger partial charge on any atom is 0.324 e. The lowest BCUT2D eigenvalue weighted by atomic mass is 10.1. The summed E-state index contributed by atoms with van der Waals surface area (Å²) >= 11 is 0. The van der Waals surface area contributed by atoms with Gasteiger partial charge in [-0.3, -0.25) is 4.79 Å². The summed E-state index contributed by atoms with van der Waals surface area (Å²) in [7, 11) is 0. The van der Waals surface area contributed by atoms with Crippen molar-refractivity contribution in [3.8, 4) is 0 Å². The highest BCUT2D eigenvalue weighted by Gasteiger charge is 2.46. The van der Waals surface area contributed by atoms with Crippen LogP contribution in [0.1, 0.15) is 19.8 Å². The lowest BCUT2D eigenvalue weighted by Crippen LogP contribution is -2.43. The number of fused-ring (bicyclic) bond motifs is 1. The number of alkyl halides is 2. The lowest BCUT2D eigenvalue weighted by Gasteiger charge is -2.22. The van der Waals surface area contributed by atoms with Crippen LogP contribution in [0, 0.1) is 5.92 Å². The number of carbonyl (C=O) groups excluding carboxylic acids is 1. The average Bonchev–Trinajstić information content (AvgIpc) is 2.75. The van der Waals surface area contributed by atoms with Gasteiger partial charge in [-0.2, -0.15) is 8.78 Å². The van der Waals surface area contributed by atoms with Crippen molar-refractivity contribution in [2.75, 3.05) is 19.6 Å². The first-order valence-electron chi connectivity index (χ1n) is 5.45. The molecule has 2 atom stereocenters. The van der Waals surface area contributed by atoms with Crippen LogP contribution in [0.4, 0.5) is 8.78 Å². The Labute approximate surface area is 87.8 Å². The first-order valence-corrected chi connectivity index (χ1v) is 5.45. The van der Waals surface area contributed by atoms with Gasteiger partial charge in [0.1, 0.15) is 0 Å². The summed E-state index contributed by atoms with van der Waals surface area (Å²) in [4.78, 5) is 12.8. The molecule has 2 fully saturated rings. The van der Waals surface area contributed by atoms with Crippen molar-refractivity contribution in [1.82, 2.24) is 10.2 Å². The third-order valence-electron chi connectivity index (χ3n) is 3.41. The lowest BCUT2D eigenvalue weighted by molar-refractivity contribution is -0.156. The molecule has 2 aliphatic rings. The minimum Gasteiger partial charge on any atom is -0.336 e. The number of hydrogen-bond donors (Lipinski definition) is 1. The van der Waals surface area contributed by atoms with Crippen LogP contribution in [0.15, 0.2) is 0 Å². The second-order valence-corrected chi connectivity index (χ2v) is 4.38. The van der Waals surface area contributed by atoms with Gasteiger partial charge in [-0.1, -0.05) is 6.92 Å². The van der Waals surface area contributed by atoms with Crippen molar-refractivity contribution in [2.45, 2.75) is 31.7 Å². The monoisotopic (exact) mass is 218 g/mol. The fourth-order valence-electron chi connectivity index (χ4n) is 2.40. The Hall–Kier alpha value is -0.710. The molecular weight excluding hydrogens is 202 g/mol. The Morgan fingerprint density at radius 1 is 1.53 bits per heavy atom. The zero-order valence-corrected chi connectivity index (χ0v) is 8.80. The van der Waals surface area contributed by atoms with Crippen LogP contribution in [-0.4, -0.2) is 42.4 Å². The van der Waals surface area contributed by atoms with Crippen LogP contribution in [0.25, 0.3) is 0 Å². The van der Waals surface area contributed by atoms with Crippen molar-refractivity contribution < 1.29 is 13.6 Å². The molecule has 2 aliphatic heterocycles. The normalized spacial score (nSPS) is 30.7. The van der Waals surface area contributed by atoms with Gasteiger partial charge >= 0.3 is 5.92 Å². The molecule has 3 nitrogen and oxygen atoms in total. The Kier molecular flexibility index (Phi) is 2.66. The van der Waals surface area contributed by atoms with Gasteiger partial charge in [0.05, 0.1) is 0 Å². The summed E-state index contributed by atoms with van der Waals surface area (Å²) in [5.74, 6) is -3.80. The van der Waals surface area contributed by atoms with Crippen LogP contribution < -0.4 is 5.32 Å². The van der Waals surface area contributed by atoms with Crippen LogP contribution in [0.3, 0.4) is 0 Å². The molecule has 0 spiro atoms. The topological polar surface area (TPSA) is 32.3 Å². The maximum atomic E-state index is 13.2. The first kappa shape index (κ1) is 10.8. The van der Waals surface area contributed by atoms with E-state index in [0.717, 1.165) is 13.0 Å². The van der Waals surface area contributed by atoms with Gasteiger partial charge in [0, 0.05) is 25.6 Å². The molecule has 0 aromatic rings. The van der Waals surface area contributed by atoms with Gasteiger partial charge < -0.3 is 10.2 Å². The molecule has 2 saturated heterocycles. The van der Waals surface area contributed by atoms with E-state index in [-0.39, 0.29) is 6.04 Å². The highest BCUT2D eigenvalue weighted by molar-refractivity contribution is 5.83. The van der Waals surface area contributed by atoms with Crippen molar-refractivity contribution >= 4 is 5.91 Å². The molecule has 0 saturated carbocycles. The van der Waals surface area contributed by atoms with E-state index in [4.69, 9.17) is 0 Å². The SMILES string of the molecule is CCC(F)(F)C(=O)N1C[C@@H]2CCN[C@@H]2C1. The number of halogens is 2. The fourth-order valence-corrected chi connectivity index (χ4v) is 2.40. The molecule has 0 bridgehead atoms. The Bertz CT molecular complexity index is 258. The summed E-state index contributed by atoms with van der Waals surface area (Å²) in [5, 5.41) is 3.23. The second kappa shape index (κ2) is 3.70. The third kappa shape index (κ3) is 1.85. The van der Waals surface area contributed by atoms with Crippen molar-refractivity contribution in [2.24, 2.45) is 5.92 Å². The number of hydrogen-bond acceptors (Lipinski definition) is 2. The Morgan fingerprint density at radius 2 is 2.27 bits per heavy atom. The van der Waals surface area contributed by atoms with E-state index < -0.39 is 18.3 Å². The fraction of sp³-hybridized carbons (Fsp3) is 0.900. The van der Waals surface area contributed by atoms with E-state index in [9.17, 15) is 13.6 Å². The molecular formula is C10H16F2N2O. The summed E-state index contributed by atoms with van der Waals surface area (Å²) in [6.07, 6.45) is 0.581. The van der Waals surface area contributed by atoms with Crippen LogP contribution in [-0.2, 0) is 4.79 Å². The summed E-state index contributed by atoms with van der Waals surface area (Å²) < 4.78 is 26.3.